The van der Waals surface area contributed by atoms with E-state index in [0.29, 0.717) is 18.7 Å². The fourth-order valence-corrected chi connectivity index (χ4v) is 2.72. The fraction of sp³-hybridized carbons (Fsp3) is 0.667. The van der Waals surface area contributed by atoms with Gasteiger partial charge in [0.1, 0.15) is 17.1 Å². The van der Waals surface area contributed by atoms with Crippen LogP contribution in [0, 0.1) is 0 Å². The van der Waals surface area contributed by atoms with Gasteiger partial charge in [0.05, 0.1) is 6.20 Å². The first-order chi connectivity index (χ1) is 8.20. The van der Waals surface area contributed by atoms with E-state index >= 15 is 0 Å². The number of nitrogens with one attached hydrogen (secondary N) is 1. The molecular weight excluding hydrogens is 244 g/mol. The van der Waals surface area contributed by atoms with Crippen LogP contribution in [0.25, 0.3) is 0 Å². The van der Waals surface area contributed by atoms with Gasteiger partial charge in [-0.2, -0.15) is 0 Å². The van der Waals surface area contributed by atoms with Crippen molar-refractivity contribution in [3.63, 3.8) is 0 Å². The predicted octanol–water partition coefficient (Wildman–Crippen LogP) is -0.551. The largest absolute Gasteiger partial charge is 0.480 e. The van der Waals surface area contributed by atoms with Crippen molar-refractivity contribution < 1.29 is 15.0 Å². The summed E-state index contributed by atoms with van der Waals surface area (Å²) in [5.74, 6) is -0.309. The summed E-state index contributed by atoms with van der Waals surface area (Å²) in [5.41, 5.74) is 0.733. The molecule has 2 heterocycles. The number of carbonyl (C=O) groups is 1. The van der Waals surface area contributed by atoms with Crippen LogP contribution in [0.5, 0.6) is 0 Å². The lowest BCUT2D eigenvalue weighted by atomic mass is 10.3. The summed E-state index contributed by atoms with van der Waals surface area (Å²) in [6.07, 6.45) is 2.41. The second-order valence-electron chi connectivity index (χ2n) is 3.75. The molecule has 94 valence electrons. The molecule has 8 heteroatoms. The number of thioether (sulfide) groups is 1. The lowest BCUT2D eigenvalue weighted by Gasteiger charge is -2.06. The summed E-state index contributed by atoms with van der Waals surface area (Å²) in [4.78, 5) is 10.8. The molecule has 0 saturated carbocycles. The molecule has 1 aliphatic rings. The van der Waals surface area contributed by atoms with Crippen LogP contribution in [0.4, 0.5) is 0 Å². The Morgan fingerprint density at radius 2 is 2.53 bits per heavy atom. The summed E-state index contributed by atoms with van der Waals surface area (Å²) in [6, 6.07) is -0.521. The van der Waals surface area contributed by atoms with E-state index in [1.165, 1.54) is 11.8 Å². The highest BCUT2D eigenvalue weighted by molar-refractivity contribution is 7.99. The van der Waals surface area contributed by atoms with Gasteiger partial charge in [-0.3, -0.25) is 14.8 Å². The molecule has 1 saturated heterocycles. The topological polar surface area (TPSA) is 100 Å². The van der Waals surface area contributed by atoms with Gasteiger partial charge in [-0.1, -0.05) is 5.21 Å². The Kier molecular flexibility index (Phi) is 3.97. The number of aliphatic hydroxyl groups is 1. The van der Waals surface area contributed by atoms with E-state index in [-0.39, 0.29) is 12.0 Å². The van der Waals surface area contributed by atoms with Crippen molar-refractivity contribution in [3.8, 4) is 0 Å². The molecular formula is C9H14N4O3S. The second kappa shape index (κ2) is 5.48. The molecule has 7 nitrogen and oxygen atoms in total. The number of aliphatic hydroxyl groups excluding tert-OH is 1. The van der Waals surface area contributed by atoms with Gasteiger partial charge in [-0.15, -0.1) is 16.9 Å². The van der Waals surface area contributed by atoms with E-state index in [4.69, 9.17) is 10.2 Å². The normalized spacial score (nSPS) is 24.1. The van der Waals surface area contributed by atoms with E-state index in [0.717, 1.165) is 5.69 Å². The van der Waals surface area contributed by atoms with Crippen molar-refractivity contribution in [1.82, 2.24) is 20.3 Å². The predicted molar refractivity (Wildman–Crippen MR) is 61.5 cm³/mol. The Labute approximate surface area is 102 Å². The maximum absolute atomic E-state index is 10.8. The van der Waals surface area contributed by atoms with Crippen LogP contribution in [0.3, 0.4) is 0 Å². The molecule has 2 rings (SSSR count). The molecule has 1 aromatic rings. The highest BCUT2D eigenvalue weighted by atomic mass is 32.2. The standard InChI is InChI=1S/C9H14N4O3S/c14-3-1-2-13-4-6(11-12-13)8-10-7(5-17-8)9(15)16/h4,7-8,10,14H,1-3,5H2,(H,15,16)/t7-,8?/m1/s1. The van der Waals surface area contributed by atoms with Gasteiger partial charge >= 0.3 is 5.97 Å². The van der Waals surface area contributed by atoms with E-state index in [1.54, 1.807) is 10.9 Å². The minimum absolute atomic E-state index is 0.112. The molecule has 0 amide bonds. The van der Waals surface area contributed by atoms with E-state index in [9.17, 15) is 4.79 Å². The summed E-state index contributed by atoms with van der Waals surface area (Å²) in [5, 5.41) is 28.3. The average Bonchev–Trinajstić information content (AvgIpc) is 2.94. The Hall–Kier alpha value is -1.12. The van der Waals surface area contributed by atoms with E-state index in [1.807, 2.05) is 0 Å². The van der Waals surface area contributed by atoms with Gasteiger partial charge < -0.3 is 10.2 Å². The number of carboxylic acid groups (broad SMARTS) is 1. The number of rotatable bonds is 5. The molecule has 0 bridgehead atoms. The molecule has 1 aromatic heterocycles. The Bertz CT molecular complexity index is 397. The van der Waals surface area contributed by atoms with Crippen molar-refractivity contribution in [2.24, 2.45) is 0 Å². The fourth-order valence-electron chi connectivity index (χ4n) is 1.56. The highest BCUT2D eigenvalue weighted by Gasteiger charge is 2.31. The lowest BCUT2D eigenvalue weighted by Crippen LogP contribution is -2.33. The van der Waals surface area contributed by atoms with Crippen molar-refractivity contribution in [1.29, 1.82) is 0 Å². The second-order valence-corrected chi connectivity index (χ2v) is 4.89. The molecule has 1 unspecified atom stereocenters. The smallest absolute Gasteiger partial charge is 0.321 e. The lowest BCUT2D eigenvalue weighted by molar-refractivity contribution is -0.138. The zero-order valence-corrected chi connectivity index (χ0v) is 9.93. The molecule has 0 aliphatic carbocycles. The van der Waals surface area contributed by atoms with Gasteiger partial charge in [0.15, 0.2) is 0 Å². The van der Waals surface area contributed by atoms with Crippen LogP contribution in [0.2, 0.25) is 0 Å². The molecule has 17 heavy (non-hydrogen) atoms. The van der Waals surface area contributed by atoms with Crippen LogP contribution in [0.15, 0.2) is 6.20 Å². The van der Waals surface area contributed by atoms with Crippen LogP contribution in [-0.2, 0) is 11.3 Å². The number of hydrogen-bond acceptors (Lipinski definition) is 6. The number of nitrogens with zero attached hydrogens (tertiary/aromatic N) is 3. The van der Waals surface area contributed by atoms with Crippen molar-refractivity contribution in [2.45, 2.75) is 24.4 Å². The first kappa shape index (κ1) is 12.3. The van der Waals surface area contributed by atoms with Gasteiger partial charge in [0, 0.05) is 18.9 Å². The Balaban J connectivity index is 1.94. The zero-order chi connectivity index (χ0) is 12.3. The van der Waals surface area contributed by atoms with Crippen LogP contribution < -0.4 is 5.32 Å². The molecule has 0 radical (unpaired) electrons. The first-order valence-electron chi connectivity index (χ1n) is 5.32. The molecule has 0 spiro atoms. The summed E-state index contributed by atoms with van der Waals surface area (Å²) >= 11 is 1.51. The first-order valence-corrected chi connectivity index (χ1v) is 6.37. The summed E-state index contributed by atoms with van der Waals surface area (Å²) < 4.78 is 1.65. The number of hydrogen-bond donors (Lipinski definition) is 3. The molecule has 0 aromatic carbocycles. The number of aryl methyl sites for hydroxylation is 1. The summed E-state index contributed by atoms with van der Waals surface area (Å²) in [6.45, 7) is 0.732. The monoisotopic (exact) mass is 258 g/mol. The average molecular weight is 258 g/mol. The van der Waals surface area contributed by atoms with Crippen LogP contribution in [0.1, 0.15) is 17.5 Å². The third kappa shape index (κ3) is 2.96. The number of aliphatic carboxylic acids is 1. The molecule has 2 atom stereocenters. The van der Waals surface area contributed by atoms with Gasteiger partial charge in [0.25, 0.3) is 0 Å². The van der Waals surface area contributed by atoms with Crippen molar-refractivity contribution in [3.05, 3.63) is 11.9 Å². The van der Waals surface area contributed by atoms with Gasteiger partial charge in [-0.25, -0.2) is 0 Å². The maximum atomic E-state index is 10.8. The zero-order valence-electron chi connectivity index (χ0n) is 9.11. The quantitative estimate of drug-likeness (QED) is 0.651. The minimum Gasteiger partial charge on any atom is -0.480 e. The van der Waals surface area contributed by atoms with Crippen LogP contribution in [-0.4, -0.2) is 49.6 Å². The van der Waals surface area contributed by atoms with Gasteiger partial charge in [-0.05, 0) is 6.42 Å². The third-order valence-corrected chi connectivity index (χ3v) is 3.69. The summed E-state index contributed by atoms with van der Waals surface area (Å²) in [7, 11) is 0. The SMILES string of the molecule is O=C(O)[C@H]1CSC(c2cn(CCCO)nn2)N1. The number of carboxylic acids is 1. The van der Waals surface area contributed by atoms with Crippen molar-refractivity contribution in [2.75, 3.05) is 12.4 Å². The van der Waals surface area contributed by atoms with E-state index in [2.05, 4.69) is 15.6 Å². The number of aromatic nitrogens is 3. The van der Waals surface area contributed by atoms with Gasteiger partial charge in [0.2, 0.25) is 0 Å². The molecule has 1 aliphatic heterocycles. The highest BCUT2D eigenvalue weighted by Crippen LogP contribution is 2.31. The maximum Gasteiger partial charge on any atom is 0.321 e. The van der Waals surface area contributed by atoms with Crippen LogP contribution >= 0.6 is 11.8 Å². The Morgan fingerprint density at radius 1 is 1.71 bits per heavy atom. The molecule has 3 N–H and O–H groups in total. The Morgan fingerprint density at radius 3 is 3.18 bits per heavy atom. The van der Waals surface area contributed by atoms with Crippen molar-refractivity contribution >= 4 is 17.7 Å². The minimum atomic E-state index is -0.840. The van der Waals surface area contributed by atoms with E-state index < -0.39 is 12.0 Å². The third-order valence-electron chi connectivity index (χ3n) is 2.45. The molecule has 1 fully saturated rings.